The van der Waals surface area contributed by atoms with E-state index in [9.17, 15) is 4.79 Å². The summed E-state index contributed by atoms with van der Waals surface area (Å²) in [6, 6.07) is 6.18. The molecule has 0 fully saturated rings. The second-order valence-corrected chi connectivity index (χ2v) is 5.47. The van der Waals surface area contributed by atoms with Gasteiger partial charge in [0.15, 0.2) is 6.10 Å². The van der Waals surface area contributed by atoms with Crippen molar-refractivity contribution in [1.29, 1.82) is 0 Å². The van der Waals surface area contributed by atoms with Crippen LogP contribution in [0.15, 0.2) is 18.2 Å². The zero-order valence-electron chi connectivity index (χ0n) is 13.6. The van der Waals surface area contributed by atoms with E-state index in [1.165, 1.54) is 0 Å². The van der Waals surface area contributed by atoms with Gasteiger partial charge >= 0.3 is 0 Å². The van der Waals surface area contributed by atoms with Gasteiger partial charge in [0, 0.05) is 13.1 Å². The lowest BCUT2D eigenvalue weighted by molar-refractivity contribution is -0.137. The summed E-state index contributed by atoms with van der Waals surface area (Å²) in [6.45, 7) is 13.5. The van der Waals surface area contributed by atoms with Gasteiger partial charge in [-0.15, -0.1) is 0 Å². The minimum atomic E-state index is -0.450. The molecule has 1 rings (SSSR count). The Morgan fingerprint density at radius 3 is 2.30 bits per heavy atom. The van der Waals surface area contributed by atoms with Crippen molar-refractivity contribution in [2.75, 3.05) is 13.1 Å². The van der Waals surface area contributed by atoms with Gasteiger partial charge in [-0.1, -0.05) is 26.0 Å². The number of carbonyl (C=O) groups excluding carboxylic acids is 1. The fourth-order valence-electron chi connectivity index (χ4n) is 2.25. The van der Waals surface area contributed by atoms with E-state index in [0.29, 0.717) is 19.0 Å². The quantitative estimate of drug-likeness (QED) is 0.792. The molecule has 1 aromatic carbocycles. The summed E-state index contributed by atoms with van der Waals surface area (Å²) >= 11 is 0. The van der Waals surface area contributed by atoms with Crippen molar-refractivity contribution in [2.24, 2.45) is 0 Å². The molecule has 3 nitrogen and oxygen atoms in total. The van der Waals surface area contributed by atoms with Gasteiger partial charge in [0.1, 0.15) is 5.75 Å². The number of benzene rings is 1. The van der Waals surface area contributed by atoms with Gasteiger partial charge in [-0.25, -0.2) is 0 Å². The Hall–Kier alpha value is -1.51. The SMILES string of the molecule is CCN(CC)C(=O)[C@H](C)Oc1cc(C)ccc1C(C)C. The fourth-order valence-corrected chi connectivity index (χ4v) is 2.25. The zero-order chi connectivity index (χ0) is 15.3. The van der Waals surface area contributed by atoms with Gasteiger partial charge < -0.3 is 9.64 Å². The molecule has 0 aliphatic carbocycles. The second-order valence-electron chi connectivity index (χ2n) is 5.47. The molecule has 0 radical (unpaired) electrons. The summed E-state index contributed by atoms with van der Waals surface area (Å²) in [5.74, 6) is 1.25. The van der Waals surface area contributed by atoms with Crippen LogP contribution in [-0.2, 0) is 4.79 Å². The van der Waals surface area contributed by atoms with Gasteiger partial charge in [0.25, 0.3) is 5.91 Å². The molecule has 1 aromatic rings. The lowest BCUT2D eigenvalue weighted by atomic mass is 10.0. The Labute approximate surface area is 122 Å². The third-order valence-electron chi connectivity index (χ3n) is 3.52. The van der Waals surface area contributed by atoms with Crippen molar-refractivity contribution in [1.82, 2.24) is 4.90 Å². The lowest BCUT2D eigenvalue weighted by Crippen LogP contribution is -2.40. The molecule has 112 valence electrons. The van der Waals surface area contributed by atoms with Crippen molar-refractivity contribution in [3.63, 3.8) is 0 Å². The fraction of sp³-hybridized carbons (Fsp3) is 0.588. The zero-order valence-corrected chi connectivity index (χ0v) is 13.6. The molecule has 1 amide bonds. The number of nitrogens with zero attached hydrogens (tertiary/aromatic N) is 1. The number of likely N-dealkylation sites (N-methyl/N-ethyl adjacent to an activating group) is 1. The first-order valence-corrected chi connectivity index (χ1v) is 7.46. The molecule has 0 N–H and O–H groups in total. The van der Waals surface area contributed by atoms with Gasteiger partial charge in [0.2, 0.25) is 0 Å². The Morgan fingerprint density at radius 2 is 1.80 bits per heavy atom. The van der Waals surface area contributed by atoms with E-state index in [4.69, 9.17) is 4.74 Å². The topological polar surface area (TPSA) is 29.5 Å². The van der Waals surface area contributed by atoms with Crippen LogP contribution in [0.5, 0.6) is 5.75 Å². The van der Waals surface area contributed by atoms with E-state index in [2.05, 4.69) is 26.0 Å². The summed E-state index contributed by atoms with van der Waals surface area (Å²) in [5, 5.41) is 0. The van der Waals surface area contributed by atoms with Crippen LogP contribution in [0.1, 0.15) is 51.7 Å². The van der Waals surface area contributed by atoms with E-state index in [-0.39, 0.29) is 5.91 Å². The summed E-state index contributed by atoms with van der Waals surface area (Å²) in [6.07, 6.45) is -0.450. The smallest absolute Gasteiger partial charge is 0.263 e. The molecule has 1 atom stereocenters. The maximum Gasteiger partial charge on any atom is 0.263 e. The first-order chi connectivity index (χ1) is 9.40. The molecular formula is C17H27NO2. The third-order valence-corrected chi connectivity index (χ3v) is 3.52. The number of hydrogen-bond donors (Lipinski definition) is 0. The van der Waals surface area contributed by atoms with Crippen LogP contribution < -0.4 is 4.74 Å². The summed E-state index contributed by atoms with van der Waals surface area (Å²) in [5.41, 5.74) is 2.29. The van der Waals surface area contributed by atoms with Gasteiger partial charge in [-0.2, -0.15) is 0 Å². The molecule has 0 bridgehead atoms. The normalized spacial score (nSPS) is 12.3. The molecule has 0 aliphatic rings. The van der Waals surface area contributed by atoms with Gasteiger partial charge in [-0.3, -0.25) is 4.79 Å². The highest BCUT2D eigenvalue weighted by molar-refractivity contribution is 5.80. The highest BCUT2D eigenvalue weighted by atomic mass is 16.5. The highest BCUT2D eigenvalue weighted by Gasteiger charge is 2.21. The van der Waals surface area contributed by atoms with E-state index in [0.717, 1.165) is 16.9 Å². The Bertz CT molecular complexity index is 450. The number of ether oxygens (including phenoxy) is 1. The Kier molecular flexibility index (Phi) is 6.05. The Balaban J connectivity index is 2.92. The number of carbonyl (C=O) groups is 1. The molecule has 0 aliphatic heterocycles. The third kappa shape index (κ3) is 3.99. The second kappa shape index (κ2) is 7.32. The molecule has 0 saturated carbocycles. The van der Waals surface area contributed by atoms with Gasteiger partial charge in [0.05, 0.1) is 0 Å². The molecule has 0 saturated heterocycles. The Morgan fingerprint density at radius 1 is 1.20 bits per heavy atom. The largest absolute Gasteiger partial charge is 0.481 e. The van der Waals surface area contributed by atoms with Crippen molar-refractivity contribution >= 4 is 5.91 Å². The van der Waals surface area contributed by atoms with E-state index < -0.39 is 6.10 Å². The maximum atomic E-state index is 12.3. The minimum Gasteiger partial charge on any atom is -0.481 e. The molecule has 0 aromatic heterocycles. The van der Waals surface area contributed by atoms with Crippen LogP contribution in [0.3, 0.4) is 0 Å². The van der Waals surface area contributed by atoms with Gasteiger partial charge in [-0.05, 0) is 50.8 Å². The molecule has 0 spiro atoms. The van der Waals surface area contributed by atoms with Crippen LogP contribution in [0, 0.1) is 6.92 Å². The van der Waals surface area contributed by atoms with E-state index in [1.807, 2.05) is 33.8 Å². The van der Waals surface area contributed by atoms with E-state index in [1.54, 1.807) is 4.90 Å². The highest BCUT2D eigenvalue weighted by Crippen LogP contribution is 2.28. The van der Waals surface area contributed by atoms with Crippen LogP contribution in [0.4, 0.5) is 0 Å². The summed E-state index contributed by atoms with van der Waals surface area (Å²) in [4.78, 5) is 14.1. The van der Waals surface area contributed by atoms with Crippen LogP contribution in [0.25, 0.3) is 0 Å². The van der Waals surface area contributed by atoms with Crippen LogP contribution in [-0.4, -0.2) is 30.0 Å². The van der Waals surface area contributed by atoms with Crippen molar-refractivity contribution in [3.05, 3.63) is 29.3 Å². The molecule has 0 heterocycles. The van der Waals surface area contributed by atoms with E-state index >= 15 is 0 Å². The molecule has 3 heteroatoms. The first kappa shape index (κ1) is 16.5. The summed E-state index contributed by atoms with van der Waals surface area (Å²) < 4.78 is 5.94. The average Bonchev–Trinajstić information content (AvgIpc) is 2.39. The standard InChI is InChI=1S/C17H27NO2/c1-7-18(8-2)17(19)14(6)20-16-11-13(5)9-10-15(16)12(3)4/h9-12,14H,7-8H2,1-6H3/t14-/m0/s1. The number of hydrogen-bond acceptors (Lipinski definition) is 2. The predicted octanol–water partition coefficient (Wildman–Crippen LogP) is 3.75. The number of rotatable bonds is 6. The first-order valence-electron chi connectivity index (χ1n) is 7.46. The average molecular weight is 277 g/mol. The lowest BCUT2D eigenvalue weighted by Gasteiger charge is -2.25. The van der Waals surface area contributed by atoms with Crippen molar-refractivity contribution < 1.29 is 9.53 Å². The molecule has 0 unspecified atom stereocenters. The summed E-state index contributed by atoms with van der Waals surface area (Å²) in [7, 11) is 0. The van der Waals surface area contributed by atoms with Crippen LogP contribution in [0.2, 0.25) is 0 Å². The van der Waals surface area contributed by atoms with Crippen molar-refractivity contribution in [2.45, 2.75) is 53.6 Å². The molecular weight excluding hydrogens is 250 g/mol. The monoisotopic (exact) mass is 277 g/mol. The predicted molar refractivity (Wildman–Crippen MR) is 83.3 cm³/mol. The molecule has 20 heavy (non-hydrogen) atoms. The van der Waals surface area contributed by atoms with Crippen LogP contribution >= 0.6 is 0 Å². The minimum absolute atomic E-state index is 0.0474. The maximum absolute atomic E-state index is 12.3. The van der Waals surface area contributed by atoms with Crippen molar-refractivity contribution in [3.8, 4) is 5.75 Å². The number of amides is 1. The number of aryl methyl sites for hydroxylation is 1.